The summed E-state index contributed by atoms with van der Waals surface area (Å²) in [6.45, 7) is 0. The zero-order chi connectivity index (χ0) is 13.0. The van der Waals surface area contributed by atoms with Crippen molar-refractivity contribution in [2.75, 3.05) is 0 Å². The van der Waals surface area contributed by atoms with Crippen molar-refractivity contribution in [2.45, 2.75) is 0 Å². The Labute approximate surface area is 103 Å². The van der Waals surface area contributed by atoms with Crippen molar-refractivity contribution in [3.8, 4) is 5.75 Å². The van der Waals surface area contributed by atoms with E-state index >= 15 is 0 Å². The lowest BCUT2D eigenvalue weighted by molar-refractivity contribution is -0.137. The lowest BCUT2D eigenvalue weighted by Crippen LogP contribution is -2.15. The maximum Gasteiger partial charge on any atom is 0.237 e. The van der Waals surface area contributed by atoms with E-state index in [9.17, 15) is 9.59 Å². The minimum absolute atomic E-state index is 0.0354. The van der Waals surface area contributed by atoms with Gasteiger partial charge in [0.25, 0.3) is 0 Å². The average Bonchev–Trinajstić information content (AvgIpc) is 2.46. The molecule has 2 aromatic carbocycles. The summed E-state index contributed by atoms with van der Waals surface area (Å²) in [7, 11) is 0. The van der Waals surface area contributed by atoms with Crippen LogP contribution in [-0.2, 0) is 0 Å². The largest absolute Gasteiger partial charge is 0.339 e. The highest BCUT2D eigenvalue weighted by molar-refractivity contribution is 6.49. The molecular weight excluding hydrogens is 232 g/mol. The molecule has 0 aliphatic heterocycles. The highest BCUT2D eigenvalue weighted by Gasteiger charge is 2.21. The number of para-hydroxylation sites is 1. The SMILES string of the molecule is O=C(C(=O)c1ccccc1OO)c1ccccc1. The van der Waals surface area contributed by atoms with Gasteiger partial charge in [0.15, 0.2) is 5.75 Å². The molecule has 1 N–H and O–H groups in total. The Bertz CT molecular complexity index is 575. The van der Waals surface area contributed by atoms with Crippen LogP contribution in [-0.4, -0.2) is 16.8 Å². The molecule has 0 aliphatic carbocycles. The third kappa shape index (κ3) is 2.28. The number of carbonyl (C=O) groups excluding carboxylic acids is 2. The van der Waals surface area contributed by atoms with E-state index in [2.05, 4.69) is 4.89 Å². The van der Waals surface area contributed by atoms with Gasteiger partial charge in [-0.05, 0) is 12.1 Å². The van der Waals surface area contributed by atoms with Gasteiger partial charge in [-0.25, -0.2) is 5.26 Å². The molecule has 0 radical (unpaired) electrons. The molecule has 0 unspecified atom stereocenters. The number of carbonyl (C=O) groups is 2. The quantitative estimate of drug-likeness (QED) is 0.387. The highest BCUT2D eigenvalue weighted by atomic mass is 17.1. The molecule has 0 amide bonds. The van der Waals surface area contributed by atoms with Crippen molar-refractivity contribution in [3.05, 3.63) is 65.7 Å². The molecule has 0 heterocycles. The van der Waals surface area contributed by atoms with Crippen LogP contribution in [0.1, 0.15) is 20.7 Å². The van der Waals surface area contributed by atoms with Crippen molar-refractivity contribution >= 4 is 11.6 Å². The Balaban J connectivity index is 2.35. The second-order valence-electron chi connectivity index (χ2n) is 3.61. The molecule has 18 heavy (non-hydrogen) atoms. The van der Waals surface area contributed by atoms with Crippen molar-refractivity contribution in [3.63, 3.8) is 0 Å². The van der Waals surface area contributed by atoms with Crippen LogP contribution >= 0.6 is 0 Å². The summed E-state index contributed by atoms with van der Waals surface area (Å²) >= 11 is 0. The summed E-state index contributed by atoms with van der Waals surface area (Å²) in [5.41, 5.74) is 0.337. The fourth-order valence-electron chi connectivity index (χ4n) is 1.58. The molecule has 2 rings (SSSR count). The molecule has 4 heteroatoms. The Kier molecular flexibility index (Phi) is 3.50. The van der Waals surface area contributed by atoms with Crippen LogP contribution in [0.2, 0.25) is 0 Å². The van der Waals surface area contributed by atoms with Gasteiger partial charge in [0.1, 0.15) is 0 Å². The summed E-state index contributed by atoms with van der Waals surface area (Å²) in [5.74, 6) is -1.39. The van der Waals surface area contributed by atoms with Gasteiger partial charge in [-0.1, -0.05) is 42.5 Å². The second-order valence-corrected chi connectivity index (χ2v) is 3.61. The number of ketones is 2. The number of hydrogen-bond donors (Lipinski definition) is 1. The average molecular weight is 242 g/mol. The van der Waals surface area contributed by atoms with Gasteiger partial charge in [0, 0.05) is 5.56 Å². The maximum absolute atomic E-state index is 12.0. The number of hydrogen-bond acceptors (Lipinski definition) is 4. The highest BCUT2D eigenvalue weighted by Crippen LogP contribution is 2.19. The fraction of sp³-hybridized carbons (Fsp3) is 0. The smallest absolute Gasteiger partial charge is 0.237 e. The normalized spacial score (nSPS) is 9.83. The van der Waals surface area contributed by atoms with Crippen LogP contribution in [0.25, 0.3) is 0 Å². The summed E-state index contributed by atoms with van der Waals surface area (Å²) < 4.78 is 0. The van der Waals surface area contributed by atoms with E-state index in [1.54, 1.807) is 42.5 Å². The number of Topliss-reactive ketones (excluding diaryl/α,β-unsaturated/α-hetero) is 2. The van der Waals surface area contributed by atoms with E-state index in [0.29, 0.717) is 5.56 Å². The Morgan fingerprint density at radius 3 is 2.11 bits per heavy atom. The molecule has 0 saturated carbocycles. The molecule has 4 nitrogen and oxygen atoms in total. The van der Waals surface area contributed by atoms with Gasteiger partial charge in [-0.15, -0.1) is 0 Å². The third-order valence-corrected chi connectivity index (χ3v) is 2.47. The molecule has 90 valence electrons. The third-order valence-electron chi connectivity index (χ3n) is 2.47. The van der Waals surface area contributed by atoms with Gasteiger partial charge < -0.3 is 4.89 Å². The molecule has 0 atom stereocenters. The minimum Gasteiger partial charge on any atom is -0.339 e. The fourth-order valence-corrected chi connectivity index (χ4v) is 1.58. The summed E-state index contributed by atoms with van der Waals surface area (Å²) in [6.07, 6.45) is 0. The summed E-state index contributed by atoms with van der Waals surface area (Å²) in [4.78, 5) is 28.0. The van der Waals surface area contributed by atoms with Crippen LogP contribution < -0.4 is 4.89 Å². The first-order chi connectivity index (χ1) is 8.74. The van der Waals surface area contributed by atoms with Gasteiger partial charge in [0.05, 0.1) is 5.56 Å². The molecule has 0 aromatic heterocycles. The monoisotopic (exact) mass is 242 g/mol. The first kappa shape index (κ1) is 12.0. The summed E-state index contributed by atoms with van der Waals surface area (Å²) in [6, 6.07) is 14.2. The molecule has 0 aliphatic rings. The van der Waals surface area contributed by atoms with Crippen LogP contribution in [0.15, 0.2) is 54.6 Å². The Morgan fingerprint density at radius 1 is 0.833 bits per heavy atom. The molecular formula is C14H10O4. The molecule has 0 saturated heterocycles. The lowest BCUT2D eigenvalue weighted by Gasteiger charge is -2.04. The van der Waals surface area contributed by atoms with Gasteiger partial charge in [-0.2, -0.15) is 0 Å². The first-order valence-electron chi connectivity index (χ1n) is 5.28. The van der Waals surface area contributed by atoms with E-state index in [1.807, 2.05) is 0 Å². The van der Waals surface area contributed by atoms with Crippen LogP contribution in [0, 0.1) is 0 Å². The zero-order valence-electron chi connectivity index (χ0n) is 9.37. The Morgan fingerprint density at radius 2 is 1.44 bits per heavy atom. The van der Waals surface area contributed by atoms with E-state index in [0.717, 1.165) is 0 Å². The van der Waals surface area contributed by atoms with Crippen LogP contribution in [0.5, 0.6) is 5.75 Å². The topological polar surface area (TPSA) is 63.6 Å². The maximum atomic E-state index is 12.0. The second kappa shape index (κ2) is 5.25. The lowest BCUT2D eigenvalue weighted by atomic mass is 10.0. The first-order valence-corrected chi connectivity index (χ1v) is 5.28. The van der Waals surface area contributed by atoms with Gasteiger partial charge >= 0.3 is 0 Å². The molecule has 2 aromatic rings. The minimum atomic E-state index is -0.717. The summed E-state index contributed by atoms with van der Waals surface area (Å²) in [5, 5.41) is 8.66. The van der Waals surface area contributed by atoms with Crippen LogP contribution in [0.3, 0.4) is 0 Å². The van der Waals surface area contributed by atoms with E-state index < -0.39 is 11.6 Å². The van der Waals surface area contributed by atoms with E-state index in [4.69, 9.17) is 5.26 Å². The number of rotatable bonds is 4. The predicted octanol–water partition coefficient (Wildman–Crippen LogP) is 2.60. The standard InChI is InChI=1S/C14H10O4/c15-13(10-6-2-1-3-7-10)14(16)11-8-4-5-9-12(11)18-17/h1-9,17H. The van der Waals surface area contributed by atoms with E-state index in [-0.39, 0.29) is 11.3 Å². The van der Waals surface area contributed by atoms with Gasteiger partial charge in [-0.3, -0.25) is 9.59 Å². The van der Waals surface area contributed by atoms with Crippen molar-refractivity contribution in [1.82, 2.24) is 0 Å². The van der Waals surface area contributed by atoms with Gasteiger partial charge in [0.2, 0.25) is 11.6 Å². The van der Waals surface area contributed by atoms with Crippen LogP contribution in [0.4, 0.5) is 0 Å². The van der Waals surface area contributed by atoms with Crippen molar-refractivity contribution < 1.29 is 19.7 Å². The molecule has 0 fully saturated rings. The molecule has 0 bridgehead atoms. The van der Waals surface area contributed by atoms with E-state index in [1.165, 1.54) is 12.1 Å². The van der Waals surface area contributed by atoms with Crippen molar-refractivity contribution in [1.29, 1.82) is 0 Å². The molecule has 0 spiro atoms. The Hall–Kier alpha value is -2.46. The predicted molar refractivity (Wildman–Crippen MR) is 64.8 cm³/mol. The zero-order valence-corrected chi connectivity index (χ0v) is 9.37. The number of benzene rings is 2. The van der Waals surface area contributed by atoms with Crippen molar-refractivity contribution in [2.24, 2.45) is 0 Å².